The fourth-order valence-corrected chi connectivity index (χ4v) is 6.11. The van der Waals surface area contributed by atoms with Crippen molar-refractivity contribution in [1.82, 2.24) is 9.97 Å². The van der Waals surface area contributed by atoms with Crippen LogP contribution in [0.2, 0.25) is 0 Å². The summed E-state index contributed by atoms with van der Waals surface area (Å²) in [7, 11) is 0. The number of pyridine rings is 2. The van der Waals surface area contributed by atoms with Gasteiger partial charge in [0.05, 0.1) is 35.0 Å². The van der Waals surface area contributed by atoms with Crippen LogP contribution in [-0.4, -0.2) is 9.97 Å². The number of benzene rings is 4. The molecule has 4 heteroatoms. The molecule has 0 bridgehead atoms. The second-order valence-electron chi connectivity index (χ2n) is 10.1. The van der Waals surface area contributed by atoms with E-state index in [4.69, 9.17) is 6.57 Å². The van der Waals surface area contributed by atoms with E-state index >= 15 is 0 Å². The molecule has 7 rings (SSSR count). The first-order chi connectivity index (χ1) is 20.2. The minimum absolute atomic E-state index is 0.563. The molecule has 1 aliphatic rings. The van der Waals surface area contributed by atoms with Crippen LogP contribution in [0.15, 0.2) is 134 Å². The fourth-order valence-electron chi connectivity index (χ4n) is 6.11. The molecule has 0 unspecified atom stereocenters. The molecule has 2 aromatic heterocycles. The lowest BCUT2D eigenvalue weighted by atomic mass is 9.67. The summed E-state index contributed by atoms with van der Waals surface area (Å²) < 4.78 is 0. The summed E-state index contributed by atoms with van der Waals surface area (Å²) in [5.74, 6) is 0. The van der Waals surface area contributed by atoms with Crippen molar-refractivity contribution in [2.45, 2.75) is 5.41 Å². The first-order valence-electron chi connectivity index (χ1n) is 13.3. The molecule has 0 saturated heterocycles. The van der Waals surface area contributed by atoms with Gasteiger partial charge in [0.2, 0.25) is 0 Å². The van der Waals surface area contributed by atoms with E-state index in [1.165, 1.54) is 0 Å². The molecule has 0 spiro atoms. The van der Waals surface area contributed by atoms with Gasteiger partial charge in [-0.3, -0.25) is 9.97 Å². The molecular formula is C37H22N4. The highest BCUT2D eigenvalue weighted by atomic mass is 14.7. The van der Waals surface area contributed by atoms with Crippen LogP contribution >= 0.6 is 0 Å². The maximum Gasteiger partial charge on any atom is 0.190 e. The van der Waals surface area contributed by atoms with E-state index in [1.807, 2.05) is 24.3 Å². The van der Waals surface area contributed by atoms with Crippen molar-refractivity contribution in [3.63, 3.8) is 0 Å². The molecule has 190 valence electrons. The summed E-state index contributed by atoms with van der Waals surface area (Å²) in [6, 6.07) is 43.6. The zero-order valence-electron chi connectivity index (χ0n) is 22.0. The second kappa shape index (κ2) is 9.72. The molecule has 0 aliphatic heterocycles. The Labute approximate surface area is 238 Å². The normalized spacial score (nSPS) is 12.5. The Bertz CT molecular complexity index is 1870. The van der Waals surface area contributed by atoms with Crippen LogP contribution in [0, 0.1) is 17.9 Å². The van der Waals surface area contributed by atoms with Gasteiger partial charge in [0.15, 0.2) is 5.69 Å². The van der Waals surface area contributed by atoms with Crippen LogP contribution in [-0.2, 0) is 5.41 Å². The van der Waals surface area contributed by atoms with E-state index in [0.717, 1.165) is 55.9 Å². The third-order valence-electron chi connectivity index (χ3n) is 7.90. The van der Waals surface area contributed by atoms with Gasteiger partial charge in [-0.25, -0.2) is 4.85 Å². The van der Waals surface area contributed by atoms with E-state index in [9.17, 15) is 5.26 Å². The van der Waals surface area contributed by atoms with Gasteiger partial charge in [0, 0.05) is 18.0 Å². The average Bonchev–Trinajstić information content (AvgIpc) is 3.35. The lowest BCUT2D eigenvalue weighted by molar-refractivity contribution is 0.769. The molecule has 0 fully saturated rings. The van der Waals surface area contributed by atoms with Crippen molar-refractivity contribution in [1.29, 1.82) is 5.26 Å². The van der Waals surface area contributed by atoms with E-state index < -0.39 is 5.41 Å². The molecule has 2 heterocycles. The molecule has 0 saturated carbocycles. The molecule has 4 nitrogen and oxygen atoms in total. The van der Waals surface area contributed by atoms with Crippen molar-refractivity contribution < 1.29 is 0 Å². The van der Waals surface area contributed by atoms with Crippen LogP contribution in [0.3, 0.4) is 0 Å². The smallest absolute Gasteiger partial charge is 0.190 e. The van der Waals surface area contributed by atoms with E-state index in [2.05, 4.69) is 106 Å². The van der Waals surface area contributed by atoms with Crippen molar-refractivity contribution in [3.8, 4) is 39.7 Å². The van der Waals surface area contributed by atoms with Crippen LogP contribution < -0.4 is 0 Å². The summed E-state index contributed by atoms with van der Waals surface area (Å²) in [5, 5.41) is 9.52. The van der Waals surface area contributed by atoms with Crippen LogP contribution in [0.1, 0.15) is 27.8 Å². The Balaban J connectivity index is 1.56. The monoisotopic (exact) mass is 522 g/mol. The third kappa shape index (κ3) is 3.82. The summed E-state index contributed by atoms with van der Waals surface area (Å²) in [4.78, 5) is 12.8. The third-order valence-corrected chi connectivity index (χ3v) is 7.90. The van der Waals surface area contributed by atoms with Crippen LogP contribution in [0.4, 0.5) is 5.69 Å². The quantitative estimate of drug-likeness (QED) is 0.218. The molecule has 0 amide bonds. The maximum atomic E-state index is 9.52. The molecule has 0 N–H and O–H groups in total. The molecule has 0 atom stereocenters. The van der Waals surface area contributed by atoms with Gasteiger partial charge < -0.3 is 0 Å². The number of rotatable bonds is 4. The van der Waals surface area contributed by atoms with Gasteiger partial charge in [-0.2, -0.15) is 5.26 Å². The number of hydrogen-bond donors (Lipinski definition) is 0. The Morgan fingerprint density at radius 3 is 1.68 bits per heavy atom. The Hall–Kier alpha value is -5.84. The predicted molar refractivity (Wildman–Crippen MR) is 161 cm³/mol. The first kappa shape index (κ1) is 24.2. The summed E-state index contributed by atoms with van der Waals surface area (Å²) in [6.45, 7) is 7.49. The van der Waals surface area contributed by atoms with Gasteiger partial charge in [0.25, 0.3) is 0 Å². The zero-order chi connectivity index (χ0) is 27.8. The van der Waals surface area contributed by atoms with Crippen LogP contribution in [0.5, 0.6) is 0 Å². The highest BCUT2D eigenvalue weighted by Crippen LogP contribution is 2.57. The van der Waals surface area contributed by atoms with Crippen molar-refractivity contribution in [2.75, 3.05) is 0 Å². The minimum Gasteiger partial charge on any atom is -0.259 e. The molecule has 1 aliphatic carbocycles. The maximum absolute atomic E-state index is 9.52. The Morgan fingerprint density at radius 1 is 0.610 bits per heavy atom. The lowest BCUT2D eigenvalue weighted by Crippen LogP contribution is -2.28. The van der Waals surface area contributed by atoms with E-state index in [0.29, 0.717) is 11.3 Å². The highest BCUT2D eigenvalue weighted by molar-refractivity contribution is 5.89. The van der Waals surface area contributed by atoms with Gasteiger partial charge in [0.1, 0.15) is 0 Å². The van der Waals surface area contributed by atoms with Crippen LogP contribution in [0.25, 0.3) is 38.5 Å². The van der Waals surface area contributed by atoms with E-state index in [1.54, 1.807) is 24.5 Å². The van der Waals surface area contributed by atoms with Crippen molar-refractivity contribution in [3.05, 3.63) is 173 Å². The molecule has 0 radical (unpaired) electrons. The molecule has 41 heavy (non-hydrogen) atoms. The molecular weight excluding hydrogens is 500 g/mol. The zero-order valence-corrected chi connectivity index (χ0v) is 22.0. The van der Waals surface area contributed by atoms with Gasteiger partial charge >= 0.3 is 0 Å². The molecule has 6 aromatic rings. The first-order valence-corrected chi connectivity index (χ1v) is 13.3. The number of aromatic nitrogens is 2. The SMILES string of the molecule is [C-]#[N+]c1ccnc(-c2ccc3c(c2)C(c2ccccc2)(c2ccccc2)c2cc(-c4cc(C#N)ccn4)ccc2-3)c1. The van der Waals surface area contributed by atoms with Crippen molar-refractivity contribution in [2.24, 2.45) is 0 Å². The summed E-state index contributed by atoms with van der Waals surface area (Å²) in [6.07, 6.45) is 3.38. The van der Waals surface area contributed by atoms with E-state index in [-0.39, 0.29) is 0 Å². The number of nitrogens with zero attached hydrogens (tertiary/aromatic N) is 4. The van der Waals surface area contributed by atoms with Gasteiger partial charge in [-0.15, -0.1) is 0 Å². The Kier molecular flexibility index (Phi) is 5.74. The Morgan fingerprint density at radius 2 is 1.15 bits per heavy atom. The largest absolute Gasteiger partial charge is 0.259 e. The summed E-state index contributed by atoms with van der Waals surface area (Å²) >= 11 is 0. The standard InChI is InChI=1S/C37H22N4/c1-39-30-17-19-41-36(23-30)27-13-15-32-31-14-12-26(35-20-25(24-38)16-18-40-35)21-33(31)37(34(32)22-27,28-8-4-2-5-9-28)29-10-6-3-7-11-29/h2-23H. The predicted octanol–water partition coefficient (Wildman–Crippen LogP) is 8.60. The number of nitriles is 1. The number of hydrogen-bond acceptors (Lipinski definition) is 3. The average molecular weight is 523 g/mol. The topological polar surface area (TPSA) is 53.9 Å². The molecule has 4 aromatic carbocycles. The minimum atomic E-state index is -0.608. The van der Waals surface area contributed by atoms with Crippen molar-refractivity contribution >= 4 is 5.69 Å². The fraction of sp³-hybridized carbons (Fsp3) is 0.0270. The highest BCUT2D eigenvalue weighted by Gasteiger charge is 2.46. The van der Waals surface area contributed by atoms with Gasteiger partial charge in [-0.1, -0.05) is 84.9 Å². The van der Waals surface area contributed by atoms with Gasteiger partial charge in [-0.05, 0) is 75.3 Å². The summed E-state index contributed by atoms with van der Waals surface area (Å²) in [5.41, 5.74) is 10.9. The second-order valence-corrected chi connectivity index (χ2v) is 10.1. The number of fused-ring (bicyclic) bond motifs is 3. The lowest BCUT2D eigenvalue weighted by Gasteiger charge is -2.34.